The second kappa shape index (κ2) is 9.62. The summed E-state index contributed by atoms with van der Waals surface area (Å²) >= 11 is 1.39. The van der Waals surface area contributed by atoms with E-state index in [2.05, 4.69) is 21.9 Å². The zero-order valence-corrected chi connectivity index (χ0v) is 21.1. The molecule has 1 fully saturated rings. The molecular weight excluding hydrogens is 454 g/mol. The summed E-state index contributed by atoms with van der Waals surface area (Å²) in [6, 6.07) is 24.3. The predicted molar refractivity (Wildman–Crippen MR) is 143 cm³/mol. The van der Waals surface area contributed by atoms with Gasteiger partial charge in [-0.1, -0.05) is 53.7 Å². The van der Waals surface area contributed by atoms with Gasteiger partial charge in [-0.3, -0.25) is 9.59 Å². The van der Waals surface area contributed by atoms with E-state index in [0.29, 0.717) is 29.4 Å². The molecule has 0 saturated carbocycles. The number of hydrogen-bond donors (Lipinski definition) is 0. The molecule has 0 spiro atoms. The first kappa shape index (κ1) is 23.2. The molecule has 0 aliphatic carbocycles. The number of rotatable bonds is 5. The highest BCUT2D eigenvalue weighted by atomic mass is 32.2. The van der Waals surface area contributed by atoms with Gasteiger partial charge in [0.2, 0.25) is 0 Å². The van der Waals surface area contributed by atoms with Crippen LogP contribution in [0, 0.1) is 20.8 Å². The molecule has 0 aromatic heterocycles. The van der Waals surface area contributed by atoms with Crippen molar-refractivity contribution in [3.8, 4) is 0 Å². The Morgan fingerprint density at radius 1 is 0.629 bits per heavy atom. The number of amides is 2. The van der Waals surface area contributed by atoms with E-state index in [4.69, 9.17) is 0 Å². The highest BCUT2D eigenvalue weighted by molar-refractivity contribution is 8.04. The first-order chi connectivity index (χ1) is 16.9. The van der Waals surface area contributed by atoms with Crippen molar-refractivity contribution in [2.24, 2.45) is 0 Å². The lowest BCUT2D eigenvalue weighted by atomic mass is 10.1. The van der Waals surface area contributed by atoms with Gasteiger partial charge in [0.25, 0.3) is 11.8 Å². The molecule has 5 rings (SSSR count). The summed E-state index contributed by atoms with van der Waals surface area (Å²) in [7, 11) is 0. The number of piperazine rings is 1. The van der Waals surface area contributed by atoms with E-state index in [-0.39, 0.29) is 11.8 Å². The third kappa shape index (κ3) is 4.71. The highest BCUT2D eigenvalue weighted by Gasteiger charge is 2.43. The summed E-state index contributed by atoms with van der Waals surface area (Å²) < 4.78 is 0. The third-order valence-corrected chi connectivity index (χ3v) is 7.52. The molecule has 35 heavy (non-hydrogen) atoms. The lowest BCUT2D eigenvalue weighted by Gasteiger charge is -2.37. The molecule has 0 atom stereocenters. The Bertz CT molecular complexity index is 1270. The van der Waals surface area contributed by atoms with Crippen molar-refractivity contribution in [1.29, 1.82) is 0 Å². The molecule has 0 unspecified atom stereocenters. The second-order valence-corrected chi connectivity index (χ2v) is 10.3. The van der Waals surface area contributed by atoms with Gasteiger partial charge < -0.3 is 9.80 Å². The molecule has 6 heteroatoms. The van der Waals surface area contributed by atoms with E-state index in [9.17, 15) is 9.59 Å². The first-order valence-electron chi connectivity index (χ1n) is 11.9. The summed E-state index contributed by atoms with van der Waals surface area (Å²) in [6.07, 6.45) is 0. The Kier molecular flexibility index (Phi) is 6.39. The molecule has 1 saturated heterocycles. The van der Waals surface area contributed by atoms with Gasteiger partial charge in [-0.25, -0.2) is 4.90 Å². The molecule has 2 aliphatic rings. The van der Waals surface area contributed by atoms with Crippen molar-refractivity contribution < 1.29 is 9.59 Å². The number of anilines is 2. The van der Waals surface area contributed by atoms with Gasteiger partial charge in [0.15, 0.2) is 0 Å². The second-order valence-electron chi connectivity index (χ2n) is 9.19. The number of imide groups is 1. The van der Waals surface area contributed by atoms with E-state index in [1.807, 2.05) is 81.4 Å². The van der Waals surface area contributed by atoms with Crippen LogP contribution in [-0.2, 0) is 9.59 Å². The van der Waals surface area contributed by atoms with Crippen LogP contribution in [0.15, 0.2) is 88.3 Å². The molecule has 3 aromatic carbocycles. The first-order valence-corrected chi connectivity index (χ1v) is 12.7. The van der Waals surface area contributed by atoms with Crippen LogP contribution in [0.5, 0.6) is 0 Å². The van der Waals surface area contributed by atoms with Crippen molar-refractivity contribution in [1.82, 2.24) is 4.90 Å². The average Bonchev–Trinajstić information content (AvgIpc) is 3.09. The van der Waals surface area contributed by atoms with Crippen LogP contribution in [0.1, 0.15) is 16.7 Å². The van der Waals surface area contributed by atoms with Gasteiger partial charge in [0, 0.05) is 36.8 Å². The van der Waals surface area contributed by atoms with Gasteiger partial charge in [-0.2, -0.15) is 0 Å². The maximum absolute atomic E-state index is 13.8. The number of carbonyl (C=O) groups excluding carboxylic acids is 2. The standard InChI is InChI=1S/C29H29N3O2S/c1-20-9-11-25(12-10-20)35-27-26(31-15-13-30(14-16-31)23-7-5-4-6-8-23)28(33)32(29(27)34)24-18-21(2)17-22(3)19-24/h4-12,17-19H,13-16H2,1-3H3. The van der Waals surface area contributed by atoms with Crippen molar-refractivity contribution in [2.75, 3.05) is 36.0 Å². The largest absolute Gasteiger partial charge is 0.368 e. The molecule has 0 bridgehead atoms. The maximum atomic E-state index is 13.8. The van der Waals surface area contributed by atoms with Crippen LogP contribution in [0.2, 0.25) is 0 Å². The zero-order chi connectivity index (χ0) is 24.5. The van der Waals surface area contributed by atoms with Crippen LogP contribution >= 0.6 is 11.8 Å². The minimum Gasteiger partial charge on any atom is -0.368 e. The Balaban J connectivity index is 1.47. The lowest BCUT2D eigenvalue weighted by molar-refractivity contribution is -0.121. The molecule has 2 amide bonds. The van der Waals surface area contributed by atoms with Gasteiger partial charge in [-0.05, 0) is 68.3 Å². The van der Waals surface area contributed by atoms with E-state index < -0.39 is 0 Å². The zero-order valence-electron chi connectivity index (χ0n) is 20.3. The summed E-state index contributed by atoms with van der Waals surface area (Å²) in [4.78, 5) is 34.8. The number of nitrogens with zero attached hydrogens (tertiary/aromatic N) is 3. The van der Waals surface area contributed by atoms with Gasteiger partial charge in [0.05, 0.1) is 5.69 Å². The number of benzene rings is 3. The van der Waals surface area contributed by atoms with Crippen LogP contribution in [0.4, 0.5) is 11.4 Å². The van der Waals surface area contributed by atoms with Crippen molar-refractivity contribution in [3.05, 3.63) is 100 Å². The number of para-hydroxylation sites is 1. The predicted octanol–water partition coefficient (Wildman–Crippen LogP) is 5.31. The fraction of sp³-hybridized carbons (Fsp3) is 0.241. The minimum absolute atomic E-state index is 0.234. The van der Waals surface area contributed by atoms with Gasteiger partial charge >= 0.3 is 0 Å². The number of aryl methyl sites for hydroxylation is 3. The third-order valence-electron chi connectivity index (χ3n) is 6.44. The van der Waals surface area contributed by atoms with Crippen molar-refractivity contribution in [3.63, 3.8) is 0 Å². The average molecular weight is 484 g/mol. The molecule has 0 N–H and O–H groups in total. The highest BCUT2D eigenvalue weighted by Crippen LogP contribution is 2.39. The van der Waals surface area contributed by atoms with Crippen molar-refractivity contribution in [2.45, 2.75) is 25.7 Å². The molecule has 178 valence electrons. The van der Waals surface area contributed by atoms with E-state index in [0.717, 1.165) is 34.7 Å². The summed E-state index contributed by atoms with van der Waals surface area (Å²) in [5.41, 5.74) is 5.55. The minimum atomic E-state index is -0.244. The van der Waals surface area contributed by atoms with E-state index >= 15 is 0 Å². The molecule has 0 radical (unpaired) electrons. The van der Waals surface area contributed by atoms with Crippen molar-refractivity contribution >= 4 is 35.0 Å². The summed E-state index contributed by atoms with van der Waals surface area (Å²) in [6.45, 7) is 8.96. The molecule has 5 nitrogen and oxygen atoms in total. The smallest absolute Gasteiger partial charge is 0.283 e. The Labute approximate surface area is 211 Å². The fourth-order valence-electron chi connectivity index (χ4n) is 4.73. The van der Waals surface area contributed by atoms with Crippen LogP contribution < -0.4 is 9.80 Å². The molecule has 2 heterocycles. The number of carbonyl (C=O) groups is 2. The Hall–Kier alpha value is -3.51. The SMILES string of the molecule is Cc1ccc(SC2=C(N3CCN(c4ccccc4)CC3)C(=O)N(c3cc(C)cc(C)c3)C2=O)cc1. The Morgan fingerprint density at radius 3 is 1.86 bits per heavy atom. The topological polar surface area (TPSA) is 43.9 Å². The Morgan fingerprint density at radius 2 is 1.23 bits per heavy atom. The maximum Gasteiger partial charge on any atom is 0.283 e. The van der Waals surface area contributed by atoms with Crippen LogP contribution in [0.25, 0.3) is 0 Å². The quantitative estimate of drug-likeness (QED) is 0.460. The normalized spacial score (nSPS) is 16.5. The summed E-state index contributed by atoms with van der Waals surface area (Å²) in [5, 5.41) is 0. The molecule has 3 aromatic rings. The summed E-state index contributed by atoms with van der Waals surface area (Å²) in [5.74, 6) is -0.478. The fourth-order valence-corrected chi connectivity index (χ4v) is 5.73. The van der Waals surface area contributed by atoms with Gasteiger partial charge in [0.1, 0.15) is 10.6 Å². The van der Waals surface area contributed by atoms with Crippen LogP contribution in [0.3, 0.4) is 0 Å². The molecular formula is C29H29N3O2S. The monoisotopic (exact) mass is 483 g/mol. The number of thioether (sulfide) groups is 1. The lowest BCUT2D eigenvalue weighted by Crippen LogP contribution is -2.47. The van der Waals surface area contributed by atoms with E-state index in [1.165, 1.54) is 22.3 Å². The van der Waals surface area contributed by atoms with E-state index in [1.54, 1.807) is 0 Å². The van der Waals surface area contributed by atoms with Crippen LogP contribution in [-0.4, -0.2) is 42.9 Å². The molecule has 2 aliphatic heterocycles. The number of hydrogen-bond acceptors (Lipinski definition) is 5. The van der Waals surface area contributed by atoms with Gasteiger partial charge in [-0.15, -0.1) is 0 Å².